The van der Waals surface area contributed by atoms with Crippen molar-refractivity contribution in [3.63, 3.8) is 0 Å². The van der Waals surface area contributed by atoms with Crippen molar-refractivity contribution in [3.05, 3.63) is 65.7 Å². The highest BCUT2D eigenvalue weighted by molar-refractivity contribution is 5.77. The number of nitrogens with one attached hydrogen (secondary N) is 1. The van der Waals surface area contributed by atoms with Crippen molar-refractivity contribution >= 4 is 5.91 Å². The van der Waals surface area contributed by atoms with Crippen LogP contribution in [0.5, 0.6) is 5.75 Å². The number of aryl methyl sites for hydroxylation is 1. The Morgan fingerprint density at radius 1 is 1.24 bits per heavy atom. The van der Waals surface area contributed by atoms with E-state index in [0.717, 1.165) is 5.56 Å². The van der Waals surface area contributed by atoms with E-state index >= 15 is 0 Å². The van der Waals surface area contributed by atoms with Crippen molar-refractivity contribution in [2.24, 2.45) is 0 Å². The maximum absolute atomic E-state index is 13.3. The number of halogens is 1. The van der Waals surface area contributed by atoms with E-state index in [0.29, 0.717) is 17.3 Å². The first-order valence-electron chi connectivity index (χ1n) is 7.62. The van der Waals surface area contributed by atoms with E-state index < -0.39 is 5.82 Å². The van der Waals surface area contributed by atoms with Crippen LogP contribution in [0.2, 0.25) is 0 Å². The van der Waals surface area contributed by atoms with Crippen LogP contribution in [0, 0.1) is 12.7 Å². The number of hydrogen-bond donors (Lipinski definition) is 1. The summed E-state index contributed by atoms with van der Waals surface area (Å²) in [7, 11) is 0. The number of rotatable bonds is 6. The first-order chi connectivity index (χ1) is 12.1. The zero-order chi connectivity index (χ0) is 17.6. The number of carbonyl (C=O) groups is 1. The maximum atomic E-state index is 13.3. The Morgan fingerprint density at radius 2 is 2.08 bits per heavy atom. The monoisotopic (exact) mass is 341 g/mol. The van der Waals surface area contributed by atoms with Gasteiger partial charge < -0.3 is 10.1 Å². The third-order valence-corrected chi connectivity index (χ3v) is 3.48. The number of ether oxygens (including phenoxy) is 1. The highest BCUT2D eigenvalue weighted by Gasteiger charge is 2.11. The number of tetrazole rings is 1. The van der Waals surface area contributed by atoms with E-state index in [1.54, 1.807) is 18.2 Å². The lowest BCUT2D eigenvalue weighted by molar-refractivity contribution is -0.123. The van der Waals surface area contributed by atoms with Gasteiger partial charge >= 0.3 is 0 Å². The maximum Gasteiger partial charge on any atom is 0.258 e. The Morgan fingerprint density at radius 3 is 2.88 bits per heavy atom. The summed E-state index contributed by atoms with van der Waals surface area (Å²) in [5.41, 5.74) is 1.43. The van der Waals surface area contributed by atoms with Crippen molar-refractivity contribution < 1.29 is 13.9 Å². The van der Waals surface area contributed by atoms with Gasteiger partial charge in [0.1, 0.15) is 11.6 Å². The number of carbonyl (C=O) groups excluding carboxylic acids is 1. The van der Waals surface area contributed by atoms with E-state index in [-0.39, 0.29) is 19.1 Å². The molecule has 1 aromatic heterocycles. The van der Waals surface area contributed by atoms with Crippen LogP contribution >= 0.6 is 0 Å². The molecule has 0 bridgehead atoms. The van der Waals surface area contributed by atoms with Crippen molar-refractivity contribution in [2.75, 3.05) is 6.61 Å². The second-order valence-electron chi connectivity index (χ2n) is 5.32. The lowest BCUT2D eigenvalue weighted by Gasteiger charge is -2.09. The van der Waals surface area contributed by atoms with Crippen molar-refractivity contribution in [3.8, 4) is 11.4 Å². The zero-order valence-corrected chi connectivity index (χ0v) is 13.5. The quantitative estimate of drug-likeness (QED) is 0.739. The molecule has 0 aliphatic heterocycles. The van der Waals surface area contributed by atoms with Crippen LogP contribution in [0.15, 0.2) is 48.5 Å². The molecule has 0 saturated carbocycles. The minimum atomic E-state index is -0.394. The van der Waals surface area contributed by atoms with Crippen LogP contribution in [-0.4, -0.2) is 32.7 Å². The molecule has 0 aliphatic rings. The number of nitrogens with zero attached hydrogens (tertiary/aromatic N) is 4. The molecular formula is C17H16FN5O2. The van der Waals surface area contributed by atoms with Gasteiger partial charge in [-0.25, -0.2) is 4.39 Å². The number of para-hydroxylation sites is 1. The molecule has 7 nitrogen and oxygen atoms in total. The average molecular weight is 341 g/mol. The number of benzene rings is 2. The predicted octanol–water partition coefficient (Wildman–Crippen LogP) is 1.81. The van der Waals surface area contributed by atoms with Crippen LogP contribution in [-0.2, 0) is 11.3 Å². The molecule has 3 rings (SSSR count). The molecule has 0 fully saturated rings. The third-order valence-electron chi connectivity index (χ3n) is 3.48. The fraction of sp³-hybridized carbons (Fsp3) is 0.176. The van der Waals surface area contributed by atoms with Crippen molar-refractivity contribution in [1.29, 1.82) is 0 Å². The molecule has 1 N–H and O–H groups in total. The Hall–Kier alpha value is -3.29. The summed E-state index contributed by atoms with van der Waals surface area (Å²) in [6.07, 6.45) is 0. The molecule has 3 aromatic rings. The molecule has 0 saturated heterocycles. The minimum absolute atomic E-state index is 0.0967. The molecular weight excluding hydrogens is 325 g/mol. The summed E-state index contributed by atoms with van der Waals surface area (Å²) in [5, 5.41) is 13.9. The predicted molar refractivity (Wildman–Crippen MR) is 87.6 cm³/mol. The van der Waals surface area contributed by atoms with Gasteiger partial charge in [0, 0.05) is 0 Å². The molecule has 8 heteroatoms. The Balaban J connectivity index is 1.58. The summed E-state index contributed by atoms with van der Waals surface area (Å²) in [4.78, 5) is 12.0. The van der Waals surface area contributed by atoms with Crippen LogP contribution in [0.3, 0.4) is 0 Å². The summed E-state index contributed by atoms with van der Waals surface area (Å²) in [6.45, 7) is 1.88. The second-order valence-corrected chi connectivity index (χ2v) is 5.32. The van der Waals surface area contributed by atoms with E-state index in [2.05, 4.69) is 20.8 Å². The molecule has 0 atom stereocenters. The molecule has 0 radical (unpaired) electrons. The second kappa shape index (κ2) is 7.52. The molecule has 0 aliphatic carbocycles. The fourth-order valence-electron chi connectivity index (χ4n) is 2.21. The summed E-state index contributed by atoms with van der Waals surface area (Å²) >= 11 is 0. The Kier molecular flexibility index (Phi) is 4.98. The minimum Gasteiger partial charge on any atom is -0.484 e. The summed E-state index contributed by atoms with van der Waals surface area (Å²) in [6, 6.07) is 13.3. The van der Waals surface area contributed by atoms with Gasteiger partial charge in [-0.3, -0.25) is 4.79 Å². The zero-order valence-electron chi connectivity index (χ0n) is 13.5. The average Bonchev–Trinajstić information content (AvgIpc) is 3.08. The van der Waals surface area contributed by atoms with Gasteiger partial charge in [-0.2, -0.15) is 4.68 Å². The van der Waals surface area contributed by atoms with Gasteiger partial charge in [0.2, 0.25) is 0 Å². The lowest BCUT2D eigenvalue weighted by atomic mass is 10.2. The first-order valence-corrected chi connectivity index (χ1v) is 7.62. The summed E-state index contributed by atoms with van der Waals surface area (Å²) < 4.78 is 20.2. The van der Waals surface area contributed by atoms with Gasteiger partial charge in [-0.1, -0.05) is 24.3 Å². The van der Waals surface area contributed by atoms with Crippen LogP contribution in [0.1, 0.15) is 11.4 Å². The topological polar surface area (TPSA) is 81.9 Å². The number of amides is 1. The highest BCUT2D eigenvalue weighted by atomic mass is 19.1. The molecule has 2 aromatic carbocycles. The highest BCUT2D eigenvalue weighted by Crippen LogP contribution is 2.15. The Labute approximate surface area is 143 Å². The first kappa shape index (κ1) is 16.6. The van der Waals surface area contributed by atoms with Gasteiger partial charge in [0.05, 0.1) is 12.2 Å². The third kappa shape index (κ3) is 4.17. The standard InChI is InChI=1S/C17H16FN5O2/c1-12-5-2-3-8-15(12)25-11-17(24)19-10-16-20-21-22-23(16)14-7-4-6-13(18)9-14/h2-9H,10-11H2,1H3,(H,19,24). The lowest BCUT2D eigenvalue weighted by Crippen LogP contribution is -2.29. The van der Waals surface area contributed by atoms with Gasteiger partial charge in [-0.05, 0) is 47.2 Å². The molecule has 0 unspecified atom stereocenters. The molecule has 128 valence electrons. The van der Waals surface area contributed by atoms with Crippen molar-refractivity contribution in [1.82, 2.24) is 25.5 Å². The van der Waals surface area contributed by atoms with Gasteiger partial charge in [0.25, 0.3) is 5.91 Å². The van der Waals surface area contributed by atoms with Crippen molar-refractivity contribution in [2.45, 2.75) is 13.5 Å². The molecule has 0 spiro atoms. The number of aromatic nitrogens is 4. The Bertz CT molecular complexity index is 881. The van der Waals surface area contributed by atoms with Crippen LogP contribution in [0.25, 0.3) is 5.69 Å². The fourth-order valence-corrected chi connectivity index (χ4v) is 2.21. The van der Waals surface area contributed by atoms with Crippen LogP contribution in [0.4, 0.5) is 4.39 Å². The van der Waals surface area contributed by atoms with E-state index in [1.165, 1.54) is 16.8 Å². The van der Waals surface area contributed by atoms with Gasteiger partial charge in [-0.15, -0.1) is 5.10 Å². The molecule has 1 heterocycles. The molecule has 1 amide bonds. The normalized spacial score (nSPS) is 10.5. The van der Waals surface area contributed by atoms with Crippen LogP contribution < -0.4 is 10.1 Å². The number of hydrogen-bond acceptors (Lipinski definition) is 5. The summed E-state index contributed by atoms with van der Waals surface area (Å²) in [5.74, 6) is 0.337. The van der Waals surface area contributed by atoms with E-state index in [1.807, 2.05) is 25.1 Å². The van der Waals surface area contributed by atoms with E-state index in [4.69, 9.17) is 4.74 Å². The van der Waals surface area contributed by atoms with Gasteiger partial charge in [0.15, 0.2) is 12.4 Å². The smallest absolute Gasteiger partial charge is 0.258 e. The largest absolute Gasteiger partial charge is 0.484 e. The molecule has 25 heavy (non-hydrogen) atoms. The SMILES string of the molecule is Cc1ccccc1OCC(=O)NCc1nnnn1-c1cccc(F)c1. The van der Waals surface area contributed by atoms with E-state index in [9.17, 15) is 9.18 Å².